The molecule has 0 bridgehead atoms. The van der Waals surface area contributed by atoms with Crippen LogP contribution in [0.25, 0.3) is 11.1 Å². The van der Waals surface area contributed by atoms with Crippen molar-refractivity contribution in [1.82, 2.24) is 0 Å². The molecule has 2 N–H and O–H groups in total. The van der Waals surface area contributed by atoms with Crippen LogP contribution in [0.3, 0.4) is 0 Å². The van der Waals surface area contributed by atoms with Crippen LogP contribution >= 0.6 is 0 Å². The van der Waals surface area contributed by atoms with Gasteiger partial charge >= 0.3 is 0 Å². The summed E-state index contributed by atoms with van der Waals surface area (Å²) >= 11 is 0. The summed E-state index contributed by atoms with van der Waals surface area (Å²) in [5, 5.41) is 17.1. The molecule has 5 aromatic carbocycles. The third-order valence-electron chi connectivity index (χ3n) is 6.64. The fraction of sp³-hybridized carbons (Fsp3) is 0. The van der Waals surface area contributed by atoms with Crippen LogP contribution in [-0.2, 0) is 14.6 Å². The average molecular weight is 530 g/mol. The highest BCUT2D eigenvalue weighted by molar-refractivity contribution is 7.92. The molecule has 0 aliphatic carbocycles. The zero-order valence-electron chi connectivity index (χ0n) is 20.7. The van der Waals surface area contributed by atoms with Crippen LogP contribution in [0, 0.1) is 10.8 Å². The molecule has 0 radical (unpaired) electrons. The van der Waals surface area contributed by atoms with E-state index in [0.717, 1.165) is 16.8 Å². The Balaban J connectivity index is 1.49. The van der Waals surface area contributed by atoms with Crippen molar-refractivity contribution in [3.63, 3.8) is 0 Å². The number of nitrogens with zero attached hydrogens (tertiary/aromatic N) is 1. The molecule has 5 aromatic rings. The van der Waals surface area contributed by atoms with Crippen molar-refractivity contribution in [3.05, 3.63) is 139 Å². The first-order valence-corrected chi connectivity index (χ1v) is 13.8. The zero-order chi connectivity index (χ0) is 27.0. The van der Waals surface area contributed by atoms with E-state index < -0.39 is 9.84 Å². The van der Waals surface area contributed by atoms with Gasteiger partial charge in [0.1, 0.15) is 0 Å². The van der Waals surface area contributed by atoms with Gasteiger partial charge in [0.05, 0.1) is 26.9 Å². The monoisotopic (exact) mass is 529 g/mol. The highest BCUT2D eigenvalue weighted by Gasteiger charge is 2.35. The van der Waals surface area contributed by atoms with E-state index in [9.17, 15) is 8.42 Å². The van der Waals surface area contributed by atoms with Crippen molar-refractivity contribution in [1.29, 1.82) is 10.8 Å². The number of ether oxygens (including phenoxy) is 1. The summed E-state index contributed by atoms with van der Waals surface area (Å²) in [5.41, 5.74) is 4.46. The van der Waals surface area contributed by atoms with Gasteiger partial charge in [0, 0.05) is 16.7 Å². The number of anilines is 3. The second-order valence-corrected chi connectivity index (χ2v) is 10.8. The highest BCUT2D eigenvalue weighted by atomic mass is 32.2. The van der Waals surface area contributed by atoms with E-state index in [-0.39, 0.29) is 21.6 Å². The van der Waals surface area contributed by atoms with Crippen molar-refractivity contribution in [3.8, 4) is 11.1 Å². The molecule has 6 nitrogen and oxygen atoms in total. The second-order valence-electron chi connectivity index (χ2n) is 8.96. The van der Waals surface area contributed by atoms with E-state index in [0.29, 0.717) is 22.5 Å². The lowest BCUT2D eigenvalue weighted by atomic mass is 9.96. The molecule has 7 heteroatoms. The summed E-state index contributed by atoms with van der Waals surface area (Å²) in [4.78, 5) is 2.42. The summed E-state index contributed by atoms with van der Waals surface area (Å²) in [6.45, 7) is 0. The molecular weight excluding hydrogens is 506 g/mol. The third-order valence-corrected chi connectivity index (χ3v) is 8.49. The normalized spacial score (nSPS) is 13.2. The largest absolute Gasteiger partial charge is 0.421 e. The molecule has 39 heavy (non-hydrogen) atoms. The Hall–Kier alpha value is -5.01. The van der Waals surface area contributed by atoms with Gasteiger partial charge < -0.3 is 9.64 Å². The van der Waals surface area contributed by atoms with Crippen molar-refractivity contribution < 1.29 is 13.2 Å². The Morgan fingerprint density at radius 2 is 1.03 bits per heavy atom. The first-order chi connectivity index (χ1) is 19.0. The molecule has 1 heterocycles. The Bertz CT molecular complexity index is 1800. The molecule has 0 saturated heterocycles. The van der Waals surface area contributed by atoms with Gasteiger partial charge in [-0.3, -0.25) is 10.8 Å². The third kappa shape index (κ3) is 4.19. The lowest BCUT2D eigenvalue weighted by Gasteiger charge is -2.34. The molecule has 0 unspecified atom stereocenters. The summed E-state index contributed by atoms with van der Waals surface area (Å²) in [6.07, 6.45) is 0. The predicted octanol–water partition coefficient (Wildman–Crippen LogP) is 7.34. The van der Waals surface area contributed by atoms with Gasteiger partial charge in [0.2, 0.25) is 21.6 Å². The lowest BCUT2D eigenvalue weighted by molar-refractivity contribution is 0.538. The van der Waals surface area contributed by atoms with E-state index in [1.807, 2.05) is 77.7 Å². The van der Waals surface area contributed by atoms with Crippen molar-refractivity contribution in [2.24, 2.45) is 0 Å². The lowest BCUT2D eigenvalue weighted by Crippen LogP contribution is -2.22. The highest BCUT2D eigenvalue weighted by Crippen LogP contribution is 2.50. The minimum absolute atomic E-state index is 0.118. The molecule has 0 atom stereocenters. The molecule has 1 aliphatic heterocycles. The smallest absolute Gasteiger partial charge is 0.221 e. The maximum absolute atomic E-state index is 13.5. The molecule has 1 aliphatic rings. The molecule has 0 saturated carbocycles. The standard InChI is InChI=1S/C32H23N3O3S/c33-31(22-12-2-1-3-13-22)38-32(34)25-16-5-4-14-23(25)24-15-6-7-17-26(24)35-27-18-8-10-20-29(27)39(36,37)30-21-11-9-19-28(30)35/h1-21,33-34H. The van der Waals surface area contributed by atoms with Gasteiger partial charge in [-0.1, -0.05) is 78.9 Å². The number of sulfone groups is 1. The van der Waals surface area contributed by atoms with E-state index in [2.05, 4.69) is 0 Å². The van der Waals surface area contributed by atoms with Gasteiger partial charge in [-0.2, -0.15) is 0 Å². The van der Waals surface area contributed by atoms with Crippen molar-refractivity contribution in [2.75, 3.05) is 4.90 Å². The molecular formula is C32H23N3O3S. The Labute approximate surface area is 226 Å². The van der Waals surface area contributed by atoms with E-state index >= 15 is 0 Å². The maximum Gasteiger partial charge on any atom is 0.221 e. The van der Waals surface area contributed by atoms with E-state index in [1.165, 1.54) is 0 Å². The van der Waals surface area contributed by atoms with Gasteiger partial charge in [-0.25, -0.2) is 8.42 Å². The van der Waals surface area contributed by atoms with Crippen LogP contribution in [0.2, 0.25) is 0 Å². The molecule has 0 amide bonds. The first kappa shape index (κ1) is 24.3. The second kappa shape index (κ2) is 9.70. The number of fused-ring (bicyclic) bond motifs is 2. The number of para-hydroxylation sites is 3. The van der Waals surface area contributed by atoms with Gasteiger partial charge in [0.15, 0.2) is 0 Å². The maximum atomic E-state index is 13.5. The average Bonchev–Trinajstić information content (AvgIpc) is 2.98. The quantitative estimate of drug-likeness (QED) is 0.185. The fourth-order valence-corrected chi connectivity index (χ4v) is 6.49. The van der Waals surface area contributed by atoms with Gasteiger partial charge in [-0.05, 0) is 54.1 Å². The molecule has 0 aromatic heterocycles. The number of hydrogen-bond donors (Lipinski definition) is 2. The van der Waals surface area contributed by atoms with Crippen LogP contribution in [0.15, 0.2) is 137 Å². The van der Waals surface area contributed by atoms with Crippen LogP contribution in [-0.4, -0.2) is 20.2 Å². The first-order valence-electron chi connectivity index (χ1n) is 12.3. The SMILES string of the molecule is N=C(OC(=N)c1ccccc1-c1ccccc1N1c2ccccc2S(=O)(=O)c2ccccc21)c1ccccc1. The topological polar surface area (TPSA) is 94.3 Å². The Morgan fingerprint density at radius 1 is 0.538 bits per heavy atom. The molecule has 6 rings (SSSR count). The number of rotatable bonds is 4. The van der Waals surface area contributed by atoms with Crippen LogP contribution in [0.4, 0.5) is 17.1 Å². The van der Waals surface area contributed by atoms with Crippen molar-refractivity contribution >= 4 is 38.7 Å². The molecule has 190 valence electrons. The van der Waals surface area contributed by atoms with Crippen LogP contribution < -0.4 is 4.90 Å². The molecule has 0 fully saturated rings. The zero-order valence-corrected chi connectivity index (χ0v) is 21.5. The van der Waals surface area contributed by atoms with Gasteiger partial charge in [-0.15, -0.1) is 0 Å². The Kier molecular flexibility index (Phi) is 6.05. The predicted molar refractivity (Wildman–Crippen MR) is 153 cm³/mol. The van der Waals surface area contributed by atoms with E-state index in [4.69, 9.17) is 15.6 Å². The van der Waals surface area contributed by atoms with Crippen LogP contribution in [0.5, 0.6) is 0 Å². The summed E-state index contributed by atoms with van der Waals surface area (Å²) in [6, 6.07) is 38.1. The fourth-order valence-electron chi connectivity index (χ4n) is 4.86. The van der Waals surface area contributed by atoms with E-state index in [1.54, 1.807) is 54.6 Å². The summed E-state index contributed by atoms with van der Waals surface area (Å²) < 4.78 is 32.7. The Morgan fingerprint density at radius 3 is 1.67 bits per heavy atom. The number of benzene rings is 5. The molecule has 0 spiro atoms. The summed E-state index contributed by atoms with van der Waals surface area (Å²) in [5.74, 6) is -0.274. The number of nitrogens with one attached hydrogen (secondary N) is 2. The summed E-state index contributed by atoms with van der Waals surface area (Å²) in [7, 11) is -3.70. The van der Waals surface area contributed by atoms with Crippen molar-refractivity contribution in [2.45, 2.75) is 9.79 Å². The number of hydrogen-bond acceptors (Lipinski definition) is 6. The minimum Gasteiger partial charge on any atom is -0.421 e. The van der Waals surface area contributed by atoms with Gasteiger partial charge in [0.25, 0.3) is 0 Å². The van der Waals surface area contributed by atoms with Crippen LogP contribution in [0.1, 0.15) is 11.1 Å². The minimum atomic E-state index is -3.70.